The minimum Gasteiger partial charge on any atom is -0.323 e. The van der Waals surface area contributed by atoms with Crippen LogP contribution in [-0.4, -0.2) is 39.6 Å². The fourth-order valence-corrected chi connectivity index (χ4v) is 4.94. The molecule has 1 saturated carbocycles. The Morgan fingerprint density at radius 1 is 1.06 bits per heavy atom. The van der Waals surface area contributed by atoms with Gasteiger partial charge in [-0.15, -0.1) is 0 Å². The number of amides is 3. The second kappa shape index (κ2) is 9.75. The summed E-state index contributed by atoms with van der Waals surface area (Å²) in [5.41, 5.74) is 1.56. The second-order valence-corrected chi connectivity index (χ2v) is 9.35. The zero-order valence-corrected chi connectivity index (χ0v) is 19.5. The molecule has 1 heterocycles. The Morgan fingerprint density at radius 2 is 1.74 bits per heavy atom. The number of imide groups is 1. The summed E-state index contributed by atoms with van der Waals surface area (Å²) in [5, 5.41) is 11.2. The van der Waals surface area contributed by atoms with Gasteiger partial charge in [-0.25, -0.2) is 4.90 Å². The zero-order valence-electron chi connectivity index (χ0n) is 19.5. The van der Waals surface area contributed by atoms with Crippen LogP contribution in [0, 0.1) is 10.1 Å². The number of nitro benzene ring substituents is 1. The van der Waals surface area contributed by atoms with Crippen molar-refractivity contribution in [2.45, 2.75) is 70.4 Å². The number of non-ortho nitro benzene ring substituents is 1. The molecule has 2 fully saturated rings. The van der Waals surface area contributed by atoms with Crippen molar-refractivity contribution in [3.8, 4) is 0 Å². The van der Waals surface area contributed by atoms with Crippen LogP contribution < -0.4 is 4.90 Å². The predicted octanol–water partition coefficient (Wildman–Crippen LogP) is 4.83. The van der Waals surface area contributed by atoms with Gasteiger partial charge in [0.05, 0.1) is 17.0 Å². The molecule has 0 radical (unpaired) electrons. The number of benzene rings is 2. The van der Waals surface area contributed by atoms with E-state index in [1.54, 1.807) is 12.1 Å². The quantitative estimate of drug-likeness (QED) is 0.347. The summed E-state index contributed by atoms with van der Waals surface area (Å²) >= 11 is 0. The van der Waals surface area contributed by atoms with Crippen LogP contribution in [0.15, 0.2) is 48.5 Å². The minimum atomic E-state index is -0.924. The Labute approximate surface area is 198 Å². The molecule has 1 aliphatic heterocycles. The van der Waals surface area contributed by atoms with E-state index in [1.807, 2.05) is 12.1 Å². The van der Waals surface area contributed by atoms with Crippen molar-refractivity contribution in [2.24, 2.45) is 0 Å². The number of nitro groups is 1. The maximum atomic E-state index is 13.6. The molecule has 0 bridgehead atoms. The molecular formula is C26H29N3O5. The third-order valence-electron chi connectivity index (χ3n) is 6.78. The van der Waals surface area contributed by atoms with Crippen LogP contribution in [-0.2, 0) is 9.59 Å². The van der Waals surface area contributed by atoms with Crippen molar-refractivity contribution in [3.05, 3.63) is 69.8 Å². The first-order chi connectivity index (χ1) is 16.3. The number of carbonyl (C=O) groups is 3. The summed E-state index contributed by atoms with van der Waals surface area (Å²) < 4.78 is 0. The molecule has 0 aromatic heterocycles. The third-order valence-corrected chi connectivity index (χ3v) is 6.78. The molecule has 4 rings (SSSR count). The fourth-order valence-electron chi connectivity index (χ4n) is 4.94. The van der Waals surface area contributed by atoms with Crippen molar-refractivity contribution in [1.82, 2.24) is 4.90 Å². The summed E-state index contributed by atoms with van der Waals surface area (Å²) in [4.78, 5) is 53.6. The Kier molecular flexibility index (Phi) is 6.77. The van der Waals surface area contributed by atoms with Crippen LogP contribution in [0.1, 0.15) is 74.2 Å². The maximum absolute atomic E-state index is 13.6. The molecule has 1 saturated heterocycles. The predicted molar refractivity (Wildman–Crippen MR) is 128 cm³/mol. The Hall–Kier alpha value is -3.55. The van der Waals surface area contributed by atoms with E-state index in [9.17, 15) is 24.5 Å². The highest BCUT2D eigenvalue weighted by Gasteiger charge is 2.46. The van der Waals surface area contributed by atoms with Gasteiger partial charge in [-0.1, -0.05) is 51.3 Å². The highest BCUT2D eigenvalue weighted by Crippen LogP contribution is 2.33. The van der Waals surface area contributed by atoms with Gasteiger partial charge in [0.1, 0.15) is 6.04 Å². The molecule has 2 aromatic carbocycles. The number of hydrogen-bond acceptors (Lipinski definition) is 5. The third kappa shape index (κ3) is 4.58. The van der Waals surface area contributed by atoms with Gasteiger partial charge in [-0.05, 0) is 42.5 Å². The molecular weight excluding hydrogens is 434 g/mol. The van der Waals surface area contributed by atoms with E-state index in [0.29, 0.717) is 11.6 Å². The molecule has 0 N–H and O–H groups in total. The van der Waals surface area contributed by atoms with E-state index in [2.05, 4.69) is 13.8 Å². The Morgan fingerprint density at radius 3 is 2.35 bits per heavy atom. The van der Waals surface area contributed by atoms with E-state index < -0.39 is 22.8 Å². The van der Waals surface area contributed by atoms with Gasteiger partial charge in [-0.2, -0.15) is 0 Å². The van der Waals surface area contributed by atoms with E-state index in [-0.39, 0.29) is 29.6 Å². The van der Waals surface area contributed by atoms with E-state index in [4.69, 9.17) is 0 Å². The lowest BCUT2D eigenvalue weighted by molar-refractivity contribution is -0.384. The molecule has 1 atom stereocenters. The highest BCUT2D eigenvalue weighted by molar-refractivity contribution is 6.23. The fraction of sp³-hybridized carbons (Fsp3) is 0.423. The van der Waals surface area contributed by atoms with Crippen molar-refractivity contribution in [3.63, 3.8) is 0 Å². The Bertz CT molecular complexity index is 1110. The summed E-state index contributed by atoms with van der Waals surface area (Å²) in [6.07, 6.45) is 4.30. The van der Waals surface area contributed by atoms with Crippen LogP contribution >= 0.6 is 0 Å². The van der Waals surface area contributed by atoms with Crippen LogP contribution in [0.4, 0.5) is 11.4 Å². The topological polar surface area (TPSA) is 101 Å². The molecule has 3 amide bonds. The summed E-state index contributed by atoms with van der Waals surface area (Å²) in [7, 11) is 0. The van der Waals surface area contributed by atoms with Gasteiger partial charge in [0.2, 0.25) is 5.91 Å². The maximum Gasteiger partial charge on any atom is 0.270 e. The summed E-state index contributed by atoms with van der Waals surface area (Å²) in [6.45, 7) is 4.14. The average Bonchev–Trinajstić information content (AvgIpc) is 3.13. The van der Waals surface area contributed by atoms with Crippen molar-refractivity contribution < 1.29 is 19.3 Å². The smallest absolute Gasteiger partial charge is 0.270 e. The lowest BCUT2D eigenvalue weighted by Crippen LogP contribution is -2.51. The molecule has 2 aromatic rings. The van der Waals surface area contributed by atoms with E-state index >= 15 is 0 Å². The molecule has 2 aliphatic rings. The standard InChI is InChI=1S/C26H29N3O5/c1-17(2)18-11-13-21(14-12-18)28-24(30)16-23(26(28)32)27(20-8-4-3-5-9-20)25(31)19-7-6-10-22(15-19)29(33)34/h6-7,10-15,17,20,23H,3-5,8-9,16H2,1-2H3. The normalized spacial score (nSPS) is 19.0. The molecule has 34 heavy (non-hydrogen) atoms. The SMILES string of the molecule is CC(C)c1ccc(N2C(=O)CC(N(C(=O)c3cccc([N+](=O)[O-])c3)C3CCCCC3)C2=O)cc1. The molecule has 1 unspecified atom stereocenters. The first-order valence-electron chi connectivity index (χ1n) is 11.8. The number of nitrogens with zero attached hydrogens (tertiary/aromatic N) is 3. The van der Waals surface area contributed by atoms with Gasteiger partial charge in [-0.3, -0.25) is 24.5 Å². The Balaban J connectivity index is 1.67. The number of rotatable bonds is 6. The van der Waals surface area contributed by atoms with Gasteiger partial charge in [0.25, 0.3) is 17.5 Å². The molecule has 8 nitrogen and oxygen atoms in total. The van der Waals surface area contributed by atoms with Crippen LogP contribution in [0.25, 0.3) is 0 Å². The van der Waals surface area contributed by atoms with Crippen molar-refractivity contribution >= 4 is 29.1 Å². The van der Waals surface area contributed by atoms with Gasteiger partial charge in [0.15, 0.2) is 0 Å². The largest absolute Gasteiger partial charge is 0.323 e. The van der Waals surface area contributed by atoms with Gasteiger partial charge >= 0.3 is 0 Å². The molecule has 178 valence electrons. The summed E-state index contributed by atoms with van der Waals surface area (Å²) in [6, 6.07) is 11.8. The summed E-state index contributed by atoms with van der Waals surface area (Å²) in [5.74, 6) is -0.897. The zero-order chi connectivity index (χ0) is 24.4. The second-order valence-electron chi connectivity index (χ2n) is 9.35. The monoisotopic (exact) mass is 463 g/mol. The van der Waals surface area contributed by atoms with E-state index in [1.165, 1.54) is 34.1 Å². The lowest BCUT2D eigenvalue weighted by Gasteiger charge is -2.37. The molecule has 0 spiro atoms. The minimum absolute atomic E-state index is 0.0953. The van der Waals surface area contributed by atoms with Gasteiger partial charge in [0, 0.05) is 23.7 Å². The molecule has 1 aliphatic carbocycles. The average molecular weight is 464 g/mol. The van der Waals surface area contributed by atoms with Gasteiger partial charge < -0.3 is 4.90 Å². The number of carbonyl (C=O) groups excluding carboxylic acids is 3. The lowest BCUT2D eigenvalue weighted by atomic mass is 9.92. The number of hydrogen-bond donors (Lipinski definition) is 0. The number of anilines is 1. The van der Waals surface area contributed by atoms with Crippen LogP contribution in [0.5, 0.6) is 0 Å². The first kappa shape index (κ1) is 23.6. The van der Waals surface area contributed by atoms with Crippen LogP contribution in [0.3, 0.4) is 0 Å². The van der Waals surface area contributed by atoms with Crippen LogP contribution in [0.2, 0.25) is 0 Å². The van der Waals surface area contributed by atoms with E-state index in [0.717, 1.165) is 37.7 Å². The first-order valence-corrected chi connectivity index (χ1v) is 11.8. The highest BCUT2D eigenvalue weighted by atomic mass is 16.6. The van der Waals surface area contributed by atoms with Crippen molar-refractivity contribution in [1.29, 1.82) is 0 Å². The molecule has 8 heteroatoms. The van der Waals surface area contributed by atoms with Crippen molar-refractivity contribution in [2.75, 3.05) is 4.90 Å².